The van der Waals surface area contributed by atoms with E-state index in [-0.39, 0.29) is 19.0 Å². The first-order valence-electron chi connectivity index (χ1n) is 9.40. The third-order valence-electron chi connectivity index (χ3n) is 5.36. The number of hydrogen-bond acceptors (Lipinski definition) is 4. The maximum Gasteiger partial charge on any atom is 0.511 e. The number of hydrogen-bond donors (Lipinski definition) is 2. The summed E-state index contributed by atoms with van der Waals surface area (Å²) in [6.07, 6.45) is 1.95. The molecule has 0 aromatic heterocycles. The van der Waals surface area contributed by atoms with Crippen LogP contribution in [0, 0.1) is 11.8 Å². The molecule has 27 heavy (non-hydrogen) atoms. The number of nitrogens with zero attached hydrogens (tertiary/aromatic N) is 3. The van der Waals surface area contributed by atoms with Gasteiger partial charge in [-0.15, -0.1) is 0 Å². The molecular weight excluding hydrogens is 383 g/mol. The number of piperidine rings is 1. The van der Waals surface area contributed by atoms with Gasteiger partial charge >= 0.3 is 15.5 Å². The fourth-order valence-electron chi connectivity index (χ4n) is 3.57. The van der Waals surface area contributed by atoms with E-state index in [2.05, 4.69) is 27.4 Å². The molecule has 2 aliphatic rings. The maximum atomic E-state index is 12.6. The van der Waals surface area contributed by atoms with Crippen molar-refractivity contribution in [1.82, 2.24) is 19.8 Å². The molecule has 11 heteroatoms. The molecule has 2 heterocycles. The van der Waals surface area contributed by atoms with Crippen LogP contribution in [0.2, 0.25) is 0 Å². The number of likely N-dealkylation sites (tertiary alicyclic amines) is 1. The molecule has 7 nitrogen and oxygen atoms in total. The first kappa shape index (κ1) is 22.2. The average Bonchev–Trinajstić information content (AvgIpc) is 3.09. The molecule has 1 unspecified atom stereocenters. The van der Waals surface area contributed by atoms with Gasteiger partial charge in [0.25, 0.3) is 0 Å². The number of guanidine groups is 1. The number of nitrogens with one attached hydrogen (secondary N) is 2. The molecular formula is C16H30F3N5O2S. The van der Waals surface area contributed by atoms with Crippen molar-refractivity contribution in [1.29, 1.82) is 0 Å². The Morgan fingerprint density at radius 2 is 1.63 bits per heavy atom. The molecule has 2 aliphatic heterocycles. The van der Waals surface area contributed by atoms with Crippen LogP contribution in [0.3, 0.4) is 0 Å². The van der Waals surface area contributed by atoms with Crippen LogP contribution in [0.5, 0.6) is 0 Å². The van der Waals surface area contributed by atoms with E-state index in [0.717, 1.165) is 32.6 Å². The Labute approximate surface area is 159 Å². The second kappa shape index (κ2) is 9.42. The fourth-order valence-corrected chi connectivity index (χ4v) is 4.55. The fraction of sp³-hybridized carbons (Fsp3) is 0.938. The molecule has 0 saturated carbocycles. The lowest BCUT2D eigenvalue weighted by atomic mass is 9.98. The summed E-state index contributed by atoms with van der Waals surface area (Å²) in [6.45, 7) is 6.60. The number of sulfonamides is 1. The Balaban J connectivity index is 1.71. The number of rotatable bonds is 6. The first-order valence-corrected chi connectivity index (χ1v) is 10.8. The summed E-state index contributed by atoms with van der Waals surface area (Å²) < 4.78 is 61.2. The van der Waals surface area contributed by atoms with E-state index < -0.39 is 15.5 Å². The molecule has 0 spiro atoms. The van der Waals surface area contributed by atoms with Crippen LogP contribution in [-0.2, 0) is 10.0 Å². The summed E-state index contributed by atoms with van der Waals surface area (Å²) >= 11 is 0. The van der Waals surface area contributed by atoms with Gasteiger partial charge in [0.15, 0.2) is 5.96 Å². The molecule has 2 N–H and O–H groups in total. The summed E-state index contributed by atoms with van der Waals surface area (Å²) in [5, 5.41) is 6.51. The van der Waals surface area contributed by atoms with E-state index in [1.165, 1.54) is 0 Å². The molecule has 0 aliphatic carbocycles. The van der Waals surface area contributed by atoms with Gasteiger partial charge in [0.05, 0.1) is 0 Å². The number of aliphatic imine (C=N–C) groups is 1. The molecule has 2 fully saturated rings. The monoisotopic (exact) mass is 413 g/mol. The largest absolute Gasteiger partial charge is 0.511 e. The van der Waals surface area contributed by atoms with Crippen LogP contribution in [0.4, 0.5) is 13.2 Å². The van der Waals surface area contributed by atoms with Gasteiger partial charge in [0, 0.05) is 39.8 Å². The normalized spacial score (nSPS) is 24.3. The van der Waals surface area contributed by atoms with Crippen molar-refractivity contribution in [3.8, 4) is 0 Å². The summed E-state index contributed by atoms with van der Waals surface area (Å²) in [4.78, 5) is 6.59. The van der Waals surface area contributed by atoms with Crippen molar-refractivity contribution < 1.29 is 21.6 Å². The van der Waals surface area contributed by atoms with Crippen molar-refractivity contribution in [2.75, 3.05) is 52.9 Å². The van der Waals surface area contributed by atoms with E-state index in [9.17, 15) is 21.6 Å². The van der Waals surface area contributed by atoms with Gasteiger partial charge in [-0.1, -0.05) is 6.92 Å². The van der Waals surface area contributed by atoms with E-state index in [1.54, 1.807) is 7.05 Å². The Kier molecular flexibility index (Phi) is 7.75. The predicted molar refractivity (Wildman–Crippen MR) is 98.9 cm³/mol. The topological polar surface area (TPSA) is 77.0 Å². The molecule has 1 atom stereocenters. The van der Waals surface area contributed by atoms with E-state index in [1.807, 2.05) is 0 Å². The lowest BCUT2D eigenvalue weighted by Crippen LogP contribution is -2.47. The van der Waals surface area contributed by atoms with Crippen LogP contribution in [-0.4, -0.2) is 82.0 Å². The number of alkyl halides is 3. The van der Waals surface area contributed by atoms with E-state index in [4.69, 9.17) is 0 Å². The summed E-state index contributed by atoms with van der Waals surface area (Å²) in [5.74, 6) is 1.37. The second-order valence-electron chi connectivity index (χ2n) is 7.18. The molecule has 0 aromatic rings. The molecule has 2 rings (SSSR count). The minimum absolute atomic E-state index is 0.102. The van der Waals surface area contributed by atoms with E-state index in [0.29, 0.717) is 35.6 Å². The summed E-state index contributed by atoms with van der Waals surface area (Å²) in [7, 11) is -3.53. The van der Waals surface area contributed by atoms with Gasteiger partial charge in [0.1, 0.15) is 0 Å². The van der Waals surface area contributed by atoms with Gasteiger partial charge in [-0.2, -0.15) is 17.5 Å². The summed E-state index contributed by atoms with van der Waals surface area (Å²) in [6, 6.07) is 0. The SMILES string of the molecule is CCN1CCC(CNC(=NC)NCC2CCN(S(=O)(=O)C(F)(F)F)CC2)C1. The first-order chi connectivity index (χ1) is 12.7. The van der Waals surface area contributed by atoms with Crippen LogP contribution in [0.1, 0.15) is 26.2 Å². The van der Waals surface area contributed by atoms with Crippen LogP contribution in [0.15, 0.2) is 4.99 Å². The molecule has 158 valence electrons. The van der Waals surface area contributed by atoms with Crippen molar-refractivity contribution in [3.05, 3.63) is 0 Å². The lowest BCUT2D eigenvalue weighted by Gasteiger charge is -2.31. The minimum Gasteiger partial charge on any atom is -0.356 e. The highest BCUT2D eigenvalue weighted by Gasteiger charge is 2.50. The Hall–Kier alpha value is -1.07. The van der Waals surface area contributed by atoms with Gasteiger partial charge in [-0.3, -0.25) is 4.99 Å². The Morgan fingerprint density at radius 1 is 1.07 bits per heavy atom. The second-order valence-corrected chi connectivity index (χ2v) is 9.10. The quantitative estimate of drug-likeness (QED) is 0.503. The lowest BCUT2D eigenvalue weighted by molar-refractivity contribution is -0.0496. The van der Waals surface area contributed by atoms with Gasteiger partial charge < -0.3 is 15.5 Å². The highest BCUT2D eigenvalue weighted by molar-refractivity contribution is 7.90. The zero-order valence-corrected chi connectivity index (χ0v) is 16.7. The highest BCUT2D eigenvalue weighted by atomic mass is 32.2. The maximum absolute atomic E-state index is 12.6. The standard InChI is InChI=1S/C16H30F3N5O2S/c1-3-23-7-4-14(12-23)11-22-15(20-2)21-10-13-5-8-24(9-6-13)27(25,26)16(17,18)19/h13-14H,3-12H2,1-2H3,(H2,20,21,22). The van der Waals surface area contributed by atoms with Crippen LogP contribution in [0.25, 0.3) is 0 Å². The highest BCUT2D eigenvalue weighted by Crippen LogP contribution is 2.30. The summed E-state index contributed by atoms with van der Waals surface area (Å²) in [5.41, 5.74) is -5.22. The molecule has 0 radical (unpaired) electrons. The van der Waals surface area contributed by atoms with Crippen molar-refractivity contribution in [2.24, 2.45) is 16.8 Å². The van der Waals surface area contributed by atoms with Crippen LogP contribution >= 0.6 is 0 Å². The van der Waals surface area contributed by atoms with Gasteiger partial charge in [-0.25, -0.2) is 8.42 Å². The van der Waals surface area contributed by atoms with Crippen LogP contribution < -0.4 is 10.6 Å². The molecule has 0 bridgehead atoms. The smallest absolute Gasteiger partial charge is 0.356 e. The zero-order valence-electron chi connectivity index (χ0n) is 15.9. The average molecular weight is 414 g/mol. The van der Waals surface area contributed by atoms with E-state index >= 15 is 0 Å². The Bertz CT molecular complexity index is 604. The van der Waals surface area contributed by atoms with Crippen molar-refractivity contribution in [3.63, 3.8) is 0 Å². The van der Waals surface area contributed by atoms with Gasteiger partial charge in [0.2, 0.25) is 0 Å². The third kappa shape index (κ3) is 5.95. The predicted octanol–water partition coefficient (Wildman–Crippen LogP) is 1.05. The molecule has 0 aromatic carbocycles. The Morgan fingerprint density at radius 3 is 2.11 bits per heavy atom. The zero-order chi connectivity index (χ0) is 20.1. The van der Waals surface area contributed by atoms with Gasteiger partial charge in [-0.05, 0) is 44.2 Å². The molecule has 0 amide bonds. The molecule has 2 saturated heterocycles. The third-order valence-corrected chi connectivity index (χ3v) is 6.99. The number of halogens is 3. The minimum atomic E-state index is -5.22. The van der Waals surface area contributed by atoms with Crippen molar-refractivity contribution >= 4 is 16.0 Å². The van der Waals surface area contributed by atoms with Crippen molar-refractivity contribution in [2.45, 2.75) is 31.7 Å².